The molecule has 2 fully saturated rings. The Kier molecular flexibility index (Phi) is 7.29. The average molecular weight is 411 g/mol. The van der Waals surface area contributed by atoms with Gasteiger partial charge >= 0.3 is 0 Å². The van der Waals surface area contributed by atoms with Crippen molar-refractivity contribution in [1.29, 1.82) is 0 Å². The summed E-state index contributed by atoms with van der Waals surface area (Å²) in [5.41, 5.74) is 2.90. The number of benzene rings is 2. The second kappa shape index (κ2) is 10.3. The van der Waals surface area contributed by atoms with E-state index >= 15 is 0 Å². The van der Waals surface area contributed by atoms with Crippen LogP contribution in [0.25, 0.3) is 0 Å². The maximum absolute atomic E-state index is 5.76. The van der Waals surface area contributed by atoms with Crippen LogP contribution in [0.3, 0.4) is 0 Å². The fraction of sp³-hybridized carbons (Fsp3) is 0.538. The summed E-state index contributed by atoms with van der Waals surface area (Å²) >= 11 is 0. The van der Waals surface area contributed by atoms with Crippen molar-refractivity contribution in [2.45, 2.75) is 51.1 Å². The van der Waals surface area contributed by atoms with E-state index in [9.17, 15) is 0 Å². The highest BCUT2D eigenvalue weighted by atomic mass is 16.5. The molecule has 0 spiro atoms. The van der Waals surface area contributed by atoms with E-state index in [1.165, 1.54) is 57.4 Å². The fourth-order valence-corrected chi connectivity index (χ4v) is 5.46. The average Bonchev–Trinajstić information content (AvgIpc) is 2.81. The Labute approximate surface area is 181 Å². The van der Waals surface area contributed by atoms with Crippen molar-refractivity contribution in [2.24, 2.45) is 0 Å². The fourth-order valence-electron chi connectivity index (χ4n) is 5.46. The molecule has 2 aromatic rings. The molecule has 1 aliphatic heterocycles. The molecule has 4 heteroatoms. The summed E-state index contributed by atoms with van der Waals surface area (Å²) < 4.78 is 11.2. The van der Waals surface area contributed by atoms with Gasteiger partial charge in [0.1, 0.15) is 32.7 Å². The van der Waals surface area contributed by atoms with Gasteiger partial charge < -0.3 is 19.3 Å². The van der Waals surface area contributed by atoms with E-state index in [0.717, 1.165) is 30.0 Å². The molecule has 1 saturated heterocycles. The van der Waals surface area contributed by atoms with Gasteiger partial charge in [-0.25, -0.2) is 0 Å². The predicted octanol–water partition coefficient (Wildman–Crippen LogP) is 2.10. The van der Waals surface area contributed by atoms with Crippen molar-refractivity contribution in [3.05, 3.63) is 59.7 Å². The van der Waals surface area contributed by atoms with E-state index in [-0.39, 0.29) is 0 Å². The summed E-state index contributed by atoms with van der Waals surface area (Å²) in [6, 6.07) is 18.4. The smallest absolute Gasteiger partial charge is 0.161 e. The first kappa shape index (κ1) is 21.2. The lowest BCUT2D eigenvalue weighted by molar-refractivity contribution is -1.03. The maximum atomic E-state index is 5.76. The lowest BCUT2D eigenvalue weighted by Gasteiger charge is -2.38. The molecule has 30 heavy (non-hydrogen) atoms. The van der Waals surface area contributed by atoms with Gasteiger partial charge in [-0.3, -0.25) is 0 Å². The molecule has 162 valence electrons. The number of nitrogens with one attached hydrogen (secondary N) is 2. The molecule has 2 aliphatic rings. The van der Waals surface area contributed by atoms with Crippen LogP contribution in [0.15, 0.2) is 48.5 Å². The molecular weight excluding hydrogens is 372 g/mol. The Morgan fingerprint density at radius 2 is 1.60 bits per heavy atom. The number of hydrogen-bond donors (Lipinski definition) is 2. The van der Waals surface area contributed by atoms with E-state index in [1.54, 1.807) is 17.6 Å². The van der Waals surface area contributed by atoms with Crippen LogP contribution in [-0.2, 0) is 6.54 Å². The minimum Gasteiger partial charge on any atom is -0.493 e. The lowest BCUT2D eigenvalue weighted by Crippen LogP contribution is -3.29. The Morgan fingerprint density at radius 1 is 0.867 bits per heavy atom. The van der Waals surface area contributed by atoms with Gasteiger partial charge in [0.15, 0.2) is 11.5 Å². The normalized spacial score (nSPS) is 26.9. The van der Waals surface area contributed by atoms with Crippen LogP contribution in [0.4, 0.5) is 0 Å². The quantitative estimate of drug-likeness (QED) is 0.732. The molecule has 0 aromatic heterocycles. The van der Waals surface area contributed by atoms with Crippen LogP contribution in [0.5, 0.6) is 11.5 Å². The highest BCUT2D eigenvalue weighted by Crippen LogP contribution is 2.32. The van der Waals surface area contributed by atoms with E-state index in [2.05, 4.69) is 42.5 Å². The zero-order chi connectivity index (χ0) is 20.8. The summed E-state index contributed by atoms with van der Waals surface area (Å²) in [6.07, 6.45) is 5.50. The molecule has 1 saturated carbocycles. The largest absolute Gasteiger partial charge is 0.493 e. The van der Waals surface area contributed by atoms with Crippen molar-refractivity contribution in [1.82, 2.24) is 0 Å². The third kappa shape index (κ3) is 5.16. The second-order valence-electron chi connectivity index (χ2n) is 8.96. The minimum atomic E-state index is 0.668. The van der Waals surface area contributed by atoms with E-state index in [1.807, 2.05) is 17.9 Å². The zero-order valence-corrected chi connectivity index (χ0v) is 18.7. The molecule has 1 heterocycles. The van der Waals surface area contributed by atoms with Crippen LogP contribution in [-0.4, -0.2) is 45.9 Å². The summed E-state index contributed by atoms with van der Waals surface area (Å²) in [7, 11) is 1.71. The second-order valence-corrected chi connectivity index (χ2v) is 8.96. The van der Waals surface area contributed by atoms with Crippen LogP contribution >= 0.6 is 0 Å². The Balaban J connectivity index is 1.25. The number of rotatable bonds is 7. The topological polar surface area (TPSA) is 27.3 Å². The Hall–Kier alpha value is -2.04. The number of piperazine rings is 1. The predicted molar refractivity (Wildman–Crippen MR) is 121 cm³/mol. The number of ether oxygens (including phenoxy) is 2. The van der Waals surface area contributed by atoms with Crippen molar-refractivity contribution in [3.63, 3.8) is 0 Å². The first-order valence-electron chi connectivity index (χ1n) is 11.8. The highest BCUT2D eigenvalue weighted by Gasteiger charge is 2.33. The number of hydrogen-bond acceptors (Lipinski definition) is 2. The number of methoxy groups -OCH3 is 1. The Bertz CT molecular complexity index is 779. The van der Waals surface area contributed by atoms with E-state index in [0.29, 0.717) is 6.61 Å². The summed E-state index contributed by atoms with van der Waals surface area (Å²) in [5, 5.41) is 0. The zero-order valence-electron chi connectivity index (χ0n) is 18.7. The van der Waals surface area contributed by atoms with Crippen LogP contribution in [0.1, 0.15) is 49.7 Å². The van der Waals surface area contributed by atoms with Crippen LogP contribution in [0.2, 0.25) is 0 Å². The molecule has 4 nitrogen and oxygen atoms in total. The summed E-state index contributed by atoms with van der Waals surface area (Å²) in [6.45, 7) is 8.93. The SMILES string of the molecule is CCOc1cc(C[NH+]2CC[NH+](C3CCC(c4ccccc4)CC3)CC2)ccc1OC. The van der Waals surface area contributed by atoms with Crippen molar-refractivity contribution in [3.8, 4) is 11.5 Å². The van der Waals surface area contributed by atoms with Gasteiger partial charge in [0.25, 0.3) is 0 Å². The van der Waals surface area contributed by atoms with Crippen molar-refractivity contribution < 1.29 is 19.3 Å². The van der Waals surface area contributed by atoms with E-state index < -0.39 is 0 Å². The third-order valence-corrected chi connectivity index (χ3v) is 7.16. The lowest BCUT2D eigenvalue weighted by atomic mass is 9.81. The molecule has 0 amide bonds. The van der Waals surface area contributed by atoms with Gasteiger partial charge in [0.05, 0.1) is 19.8 Å². The first-order valence-corrected chi connectivity index (χ1v) is 11.8. The molecule has 2 aromatic carbocycles. The molecule has 0 bridgehead atoms. The van der Waals surface area contributed by atoms with Crippen LogP contribution < -0.4 is 19.3 Å². The standard InChI is InChI=1S/C26H36N2O2/c1-3-30-26-19-21(9-14-25(26)29-2)20-27-15-17-28(18-16-27)24-12-10-23(11-13-24)22-7-5-4-6-8-22/h4-9,14,19,23-24H,3,10-13,15-18,20H2,1-2H3/p+2. The van der Waals surface area contributed by atoms with Gasteiger partial charge in [-0.2, -0.15) is 0 Å². The van der Waals surface area contributed by atoms with Crippen LogP contribution in [0, 0.1) is 0 Å². The summed E-state index contributed by atoms with van der Waals surface area (Å²) in [4.78, 5) is 3.55. The molecule has 4 rings (SSSR count). The minimum absolute atomic E-state index is 0.668. The van der Waals surface area contributed by atoms with E-state index in [4.69, 9.17) is 9.47 Å². The first-order chi connectivity index (χ1) is 14.8. The molecule has 1 aliphatic carbocycles. The molecular formula is C26H38N2O2+2. The molecule has 0 atom stereocenters. The number of quaternary nitrogens is 2. The van der Waals surface area contributed by atoms with Crippen molar-refractivity contribution in [2.75, 3.05) is 39.9 Å². The third-order valence-electron chi connectivity index (χ3n) is 7.16. The monoisotopic (exact) mass is 410 g/mol. The van der Waals surface area contributed by atoms with Gasteiger partial charge in [0, 0.05) is 5.56 Å². The highest BCUT2D eigenvalue weighted by molar-refractivity contribution is 5.42. The van der Waals surface area contributed by atoms with Gasteiger partial charge in [-0.1, -0.05) is 30.3 Å². The van der Waals surface area contributed by atoms with Crippen molar-refractivity contribution >= 4 is 0 Å². The molecule has 0 unspecified atom stereocenters. The molecule has 2 N–H and O–H groups in total. The van der Waals surface area contributed by atoms with Gasteiger partial charge in [-0.05, 0) is 62.3 Å². The Morgan fingerprint density at radius 3 is 2.27 bits per heavy atom. The van der Waals surface area contributed by atoms with Gasteiger partial charge in [0.2, 0.25) is 0 Å². The molecule has 0 radical (unpaired) electrons. The maximum Gasteiger partial charge on any atom is 0.161 e. The summed E-state index contributed by atoms with van der Waals surface area (Å²) in [5.74, 6) is 2.48. The van der Waals surface area contributed by atoms with Gasteiger partial charge in [-0.15, -0.1) is 0 Å².